The van der Waals surface area contributed by atoms with Gasteiger partial charge in [0.15, 0.2) is 0 Å². The van der Waals surface area contributed by atoms with Gasteiger partial charge in [0.2, 0.25) is 0 Å². The minimum atomic E-state index is -1.31. The number of rotatable bonds is 4. The van der Waals surface area contributed by atoms with Crippen molar-refractivity contribution in [3.63, 3.8) is 0 Å². The van der Waals surface area contributed by atoms with Crippen molar-refractivity contribution in [3.05, 3.63) is 82.9 Å². The first-order valence-corrected chi connectivity index (χ1v) is 17.9. The van der Waals surface area contributed by atoms with Gasteiger partial charge in [0.25, 0.3) is 0 Å². The Morgan fingerprint density at radius 3 is 1.32 bits per heavy atom. The normalized spacial score (nSPS) is 22.4. The molecule has 2 unspecified atom stereocenters. The van der Waals surface area contributed by atoms with Gasteiger partial charge in [-0.3, -0.25) is 0 Å². The lowest BCUT2D eigenvalue weighted by Crippen LogP contribution is -2.28. The van der Waals surface area contributed by atoms with Crippen LogP contribution in [-0.4, -0.2) is 16.1 Å². The Morgan fingerprint density at radius 1 is 0.607 bits per heavy atom. The summed E-state index contributed by atoms with van der Waals surface area (Å²) < 4.78 is 0. The van der Waals surface area contributed by atoms with E-state index >= 15 is 0 Å². The lowest BCUT2D eigenvalue weighted by molar-refractivity contribution is 0.992. The molecule has 0 heterocycles. The van der Waals surface area contributed by atoms with Crippen LogP contribution in [0.2, 0.25) is 39.3 Å². The van der Waals surface area contributed by atoms with Crippen LogP contribution in [0.1, 0.15) is 40.3 Å². The molecule has 2 atom stereocenters. The molecule has 146 valence electrons. The Balaban J connectivity index is 1.81. The van der Waals surface area contributed by atoms with E-state index in [2.05, 4.69) is 107 Å². The Labute approximate surface area is 173 Å². The minimum absolute atomic E-state index is 0.449. The first-order valence-electron chi connectivity index (χ1n) is 10.7. The summed E-state index contributed by atoms with van der Waals surface area (Å²) in [5, 5.41) is 0. The van der Waals surface area contributed by atoms with Gasteiger partial charge in [0.05, 0.1) is 16.1 Å². The fourth-order valence-corrected chi connectivity index (χ4v) is 8.86. The fraction of sp³-hybridized carbons (Fsp3) is 0.385. The topological polar surface area (TPSA) is 0 Å². The molecule has 28 heavy (non-hydrogen) atoms. The van der Waals surface area contributed by atoms with Crippen molar-refractivity contribution in [2.24, 2.45) is 5.92 Å². The summed E-state index contributed by atoms with van der Waals surface area (Å²) in [5.74, 6) is 0.449. The number of fused-ring (bicyclic) bond motifs is 2. The van der Waals surface area contributed by atoms with E-state index in [1.165, 1.54) is 11.1 Å². The zero-order valence-corrected chi connectivity index (χ0v) is 20.5. The Hall–Kier alpha value is -1.65. The zero-order valence-electron chi connectivity index (χ0n) is 18.5. The van der Waals surface area contributed by atoms with E-state index < -0.39 is 16.1 Å². The van der Waals surface area contributed by atoms with Crippen molar-refractivity contribution in [1.29, 1.82) is 0 Å². The molecule has 0 saturated heterocycles. The third-order valence-corrected chi connectivity index (χ3v) is 11.4. The third kappa shape index (κ3) is 3.21. The van der Waals surface area contributed by atoms with Gasteiger partial charge < -0.3 is 0 Å². The van der Waals surface area contributed by atoms with Crippen molar-refractivity contribution >= 4 is 27.3 Å². The zero-order chi connectivity index (χ0) is 20.3. The number of benzene rings is 2. The molecular formula is C26H34Si2. The molecule has 0 aromatic heterocycles. The van der Waals surface area contributed by atoms with Crippen LogP contribution >= 0.6 is 0 Å². The van der Waals surface area contributed by atoms with Crippen LogP contribution in [-0.2, 0) is 0 Å². The molecule has 2 aliphatic carbocycles. The van der Waals surface area contributed by atoms with Crippen LogP contribution in [0.25, 0.3) is 11.1 Å². The maximum Gasteiger partial charge on any atom is 0.0566 e. The van der Waals surface area contributed by atoms with Crippen LogP contribution in [0.3, 0.4) is 0 Å². The van der Waals surface area contributed by atoms with Crippen molar-refractivity contribution in [2.45, 2.75) is 57.3 Å². The lowest BCUT2D eigenvalue weighted by atomic mass is 9.86. The summed E-state index contributed by atoms with van der Waals surface area (Å²) in [6.07, 6.45) is 5.26. The van der Waals surface area contributed by atoms with Crippen LogP contribution in [0.5, 0.6) is 0 Å². The van der Waals surface area contributed by atoms with Crippen LogP contribution in [0, 0.1) is 5.92 Å². The smallest absolute Gasteiger partial charge is 0.0566 e. The molecule has 2 aromatic rings. The maximum atomic E-state index is 2.63. The van der Waals surface area contributed by atoms with Gasteiger partial charge >= 0.3 is 0 Å². The molecule has 0 nitrogen and oxygen atoms in total. The summed E-state index contributed by atoms with van der Waals surface area (Å²) in [7, 11) is -2.61. The maximum absolute atomic E-state index is 2.63. The van der Waals surface area contributed by atoms with Crippen LogP contribution < -0.4 is 0 Å². The van der Waals surface area contributed by atoms with Gasteiger partial charge in [-0.2, -0.15) is 0 Å². The second-order valence-corrected chi connectivity index (χ2v) is 21.5. The van der Waals surface area contributed by atoms with E-state index in [1.54, 1.807) is 22.3 Å². The first kappa shape index (κ1) is 19.7. The predicted octanol–water partition coefficient (Wildman–Crippen LogP) is 7.74. The van der Waals surface area contributed by atoms with Gasteiger partial charge in [0.1, 0.15) is 0 Å². The average Bonchev–Trinajstić information content (AvgIpc) is 3.20. The molecule has 0 spiro atoms. The second kappa shape index (κ2) is 6.71. The Kier molecular flexibility index (Phi) is 4.71. The summed E-state index contributed by atoms with van der Waals surface area (Å²) in [6.45, 7) is 17.5. The first-order chi connectivity index (χ1) is 13.1. The van der Waals surface area contributed by atoms with E-state index in [0.717, 1.165) is 0 Å². The predicted molar refractivity (Wildman–Crippen MR) is 130 cm³/mol. The summed E-state index contributed by atoms with van der Waals surface area (Å²) >= 11 is 0. The molecule has 2 aromatic carbocycles. The van der Waals surface area contributed by atoms with Crippen LogP contribution in [0.15, 0.2) is 60.7 Å². The molecule has 0 amide bonds. The highest BCUT2D eigenvalue weighted by atomic mass is 28.3. The minimum Gasteiger partial charge on any atom is -0.0753 e. The second-order valence-electron chi connectivity index (χ2n) is 10.8. The van der Waals surface area contributed by atoms with E-state index in [9.17, 15) is 0 Å². The van der Waals surface area contributed by atoms with Crippen LogP contribution in [0.4, 0.5) is 0 Å². The summed E-state index contributed by atoms with van der Waals surface area (Å²) in [4.78, 5) is 0. The molecule has 4 rings (SSSR count). The van der Waals surface area contributed by atoms with Gasteiger partial charge in [-0.25, -0.2) is 0 Å². The van der Waals surface area contributed by atoms with Gasteiger partial charge in [-0.15, -0.1) is 0 Å². The molecule has 2 aliphatic rings. The Bertz CT molecular complexity index is 887. The quantitative estimate of drug-likeness (QED) is 0.459. The number of hydrogen-bond donors (Lipinski definition) is 0. The summed E-state index contributed by atoms with van der Waals surface area (Å²) in [6, 6.07) is 18.3. The van der Waals surface area contributed by atoms with Gasteiger partial charge in [-0.05, 0) is 44.5 Å². The molecule has 2 heteroatoms. The molecule has 0 fully saturated rings. The number of allylic oxidation sites excluding steroid dienone is 4. The SMILES string of the molecule is CC(C1=CC([Si](C)(C)C)c2ccccc21)C1=CC([Si](C)(C)C)c2ccccc21. The van der Waals surface area contributed by atoms with E-state index in [1.807, 2.05) is 0 Å². The summed E-state index contributed by atoms with van der Waals surface area (Å²) in [5.41, 5.74) is 10.5. The van der Waals surface area contributed by atoms with Gasteiger partial charge in [-0.1, -0.05) is 107 Å². The molecule has 0 bridgehead atoms. The average molecular weight is 403 g/mol. The third-order valence-electron chi connectivity index (χ3n) is 6.71. The molecule has 0 saturated carbocycles. The standard InChI is InChI=1S/C26H34Si2/c1-18(23-16-25(27(2,3)4)21-14-10-8-12-19(21)23)24-17-26(28(5,6)7)22-15-11-9-13-20(22)24/h8-18,25-26H,1-7H3. The molecule has 0 radical (unpaired) electrons. The van der Waals surface area contributed by atoms with Crippen molar-refractivity contribution in [2.75, 3.05) is 0 Å². The molecule has 0 aliphatic heterocycles. The Morgan fingerprint density at radius 2 is 0.964 bits per heavy atom. The van der Waals surface area contributed by atoms with Crippen molar-refractivity contribution < 1.29 is 0 Å². The van der Waals surface area contributed by atoms with Crippen molar-refractivity contribution in [1.82, 2.24) is 0 Å². The highest BCUT2D eigenvalue weighted by Crippen LogP contribution is 2.50. The van der Waals surface area contributed by atoms with E-state index in [0.29, 0.717) is 17.0 Å². The largest absolute Gasteiger partial charge is 0.0753 e. The highest BCUT2D eigenvalue weighted by Gasteiger charge is 2.38. The van der Waals surface area contributed by atoms with Gasteiger partial charge in [0, 0.05) is 5.92 Å². The molecular weight excluding hydrogens is 368 g/mol. The van der Waals surface area contributed by atoms with E-state index in [-0.39, 0.29) is 0 Å². The number of hydrogen-bond acceptors (Lipinski definition) is 0. The fourth-order valence-electron chi connectivity index (χ4n) is 5.14. The lowest BCUT2D eigenvalue weighted by Gasteiger charge is -2.24. The highest BCUT2D eigenvalue weighted by molar-refractivity contribution is 6.78. The van der Waals surface area contributed by atoms with Crippen molar-refractivity contribution in [3.8, 4) is 0 Å². The monoisotopic (exact) mass is 402 g/mol. The molecule has 0 N–H and O–H groups in total. The van der Waals surface area contributed by atoms with E-state index in [4.69, 9.17) is 0 Å².